The molecule has 1 amide bonds. The monoisotopic (exact) mass is 342 g/mol. The molecule has 2 aliphatic rings. The Labute approximate surface area is 147 Å². The van der Waals surface area contributed by atoms with Crippen molar-refractivity contribution in [1.82, 2.24) is 20.1 Å². The van der Waals surface area contributed by atoms with Crippen molar-refractivity contribution in [1.29, 1.82) is 0 Å². The second-order valence-electron chi connectivity index (χ2n) is 7.57. The van der Waals surface area contributed by atoms with Crippen LogP contribution in [0.3, 0.4) is 0 Å². The molecule has 1 saturated carbocycles. The number of aromatic nitrogens is 3. The van der Waals surface area contributed by atoms with Crippen molar-refractivity contribution in [2.75, 3.05) is 6.61 Å². The molecule has 6 heteroatoms. The average Bonchev–Trinajstić information content (AvgIpc) is 2.96. The van der Waals surface area contributed by atoms with E-state index >= 15 is 0 Å². The summed E-state index contributed by atoms with van der Waals surface area (Å²) in [6, 6.07) is 2.04. The van der Waals surface area contributed by atoms with Crippen LogP contribution in [0.5, 0.6) is 0 Å². The number of hydrogen-bond donors (Lipinski definition) is 1. The molecular formula is C19H26N4O2. The summed E-state index contributed by atoms with van der Waals surface area (Å²) in [7, 11) is 1.85. The number of carbonyl (C=O) groups is 1. The Bertz CT molecular complexity index is 787. The molecule has 4 rings (SSSR count). The highest BCUT2D eigenvalue weighted by molar-refractivity contribution is 6.05. The first-order valence-electron chi connectivity index (χ1n) is 9.31. The zero-order valence-electron chi connectivity index (χ0n) is 15.0. The van der Waals surface area contributed by atoms with Crippen LogP contribution >= 0.6 is 0 Å². The highest BCUT2D eigenvalue weighted by atomic mass is 16.5. The Balaban J connectivity index is 1.54. The molecule has 1 aliphatic heterocycles. The molecule has 1 spiro atoms. The van der Waals surface area contributed by atoms with Gasteiger partial charge in [-0.3, -0.25) is 9.48 Å². The molecule has 2 fully saturated rings. The second kappa shape index (κ2) is 6.41. The first kappa shape index (κ1) is 16.5. The van der Waals surface area contributed by atoms with Crippen molar-refractivity contribution in [3.05, 3.63) is 23.5 Å². The summed E-state index contributed by atoms with van der Waals surface area (Å²) in [5.74, 6) is -0.0265. The van der Waals surface area contributed by atoms with E-state index in [-0.39, 0.29) is 17.6 Å². The maximum Gasteiger partial charge on any atom is 0.252 e. The highest BCUT2D eigenvalue weighted by Gasteiger charge is 2.39. The number of carbonyl (C=O) groups excluding carboxylic acids is 1. The van der Waals surface area contributed by atoms with Crippen molar-refractivity contribution in [3.63, 3.8) is 0 Å². The van der Waals surface area contributed by atoms with E-state index in [4.69, 9.17) is 4.74 Å². The molecule has 3 heterocycles. The summed E-state index contributed by atoms with van der Waals surface area (Å²) in [5, 5.41) is 8.31. The van der Waals surface area contributed by atoms with Gasteiger partial charge in [0.2, 0.25) is 0 Å². The summed E-state index contributed by atoms with van der Waals surface area (Å²) in [6.07, 6.45) is 9.57. The molecule has 0 unspecified atom stereocenters. The van der Waals surface area contributed by atoms with Gasteiger partial charge in [-0.05, 0) is 38.7 Å². The van der Waals surface area contributed by atoms with Crippen LogP contribution in [0.4, 0.5) is 0 Å². The number of pyridine rings is 1. The first-order valence-corrected chi connectivity index (χ1v) is 9.31. The van der Waals surface area contributed by atoms with E-state index < -0.39 is 0 Å². The Hall–Kier alpha value is -1.95. The molecule has 1 N–H and O–H groups in total. The zero-order chi connectivity index (χ0) is 17.4. The lowest BCUT2D eigenvalue weighted by atomic mass is 9.78. The third kappa shape index (κ3) is 3.15. The smallest absolute Gasteiger partial charge is 0.252 e. The molecule has 2 aromatic rings. The molecule has 1 saturated heterocycles. The normalized spacial score (nSPS) is 23.0. The van der Waals surface area contributed by atoms with E-state index in [9.17, 15) is 4.79 Å². The van der Waals surface area contributed by atoms with Gasteiger partial charge in [0.25, 0.3) is 5.91 Å². The van der Waals surface area contributed by atoms with Crippen molar-refractivity contribution in [2.24, 2.45) is 7.05 Å². The minimum absolute atomic E-state index is 0.00771. The number of aryl methyl sites for hydroxylation is 2. The van der Waals surface area contributed by atoms with Crippen LogP contribution in [0.15, 0.2) is 12.3 Å². The van der Waals surface area contributed by atoms with E-state index in [1.807, 2.05) is 20.0 Å². The molecule has 0 radical (unpaired) electrons. The molecule has 134 valence electrons. The third-order valence-electron chi connectivity index (χ3n) is 5.67. The van der Waals surface area contributed by atoms with Gasteiger partial charge in [0, 0.05) is 25.4 Å². The number of nitrogens with one attached hydrogen (secondary N) is 1. The maximum atomic E-state index is 12.9. The van der Waals surface area contributed by atoms with Crippen molar-refractivity contribution in [2.45, 2.75) is 63.5 Å². The van der Waals surface area contributed by atoms with Gasteiger partial charge in [-0.25, -0.2) is 4.98 Å². The minimum Gasteiger partial charge on any atom is -0.375 e. The van der Waals surface area contributed by atoms with E-state index in [1.165, 1.54) is 19.3 Å². The van der Waals surface area contributed by atoms with Gasteiger partial charge >= 0.3 is 0 Å². The summed E-state index contributed by atoms with van der Waals surface area (Å²) < 4.78 is 7.85. The summed E-state index contributed by atoms with van der Waals surface area (Å²) in [5.41, 5.74) is 2.24. The zero-order valence-corrected chi connectivity index (χ0v) is 15.0. The molecule has 0 aromatic carbocycles. The standard InChI is InChI=1S/C19H26N4O2/c1-13-10-15(16-12-20-23(2)17(16)21-13)18(24)22-14-6-9-25-19(11-14)7-4-3-5-8-19/h10,12,14H,3-9,11H2,1-2H3,(H,22,24)/t14-/m0/s1. The number of amides is 1. The fourth-order valence-electron chi connectivity index (χ4n) is 4.39. The minimum atomic E-state index is -0.0265. The Morgan fingerprint density at radius 2 is 2.16 bits per heavy atom. The summed E-state index contributed by atoms with van der Waals surface area (Å²) in [6.45, 7) is 2.65. The van der Waals surface area contributed by atoms with Crippen molar-refractivity contribution in [3.8, 4) is 0 Å². The van der Waals surface area contributed by atoms with E-state index in [2.05, 4.69) is 15.4 Å². The van der Waals surface area contributed by atoms with Crippen LogP contribution in [0, 0.1) is 6.92 Å². The molecular weight excluding hydrogens is 316 g/mol. The van der Waals surface area contributed by atoms with Gasteiger partial charge in [-0.2, -0.15) is 5.10 Å². The molecule has 1 atom stereocenters. The largest absolute Gasteiger partial charge is 0.375 e. The molecule has 1 aliphatic carbocycles. The van der Waals surface area contributed by atoms with Crippen LogP contribution in [0.2, 0.25) is 0 Å². The topological polar surface area (TPSA) is 69.0 Å². The highest BCUT2D eigenvalue weighted by Crippen LogP contribution is 2.38. The lowest BCUT2D eigenvalue weighted by molar-refractivity contribution is -0.107. The Morgan fingerprint density at radius 3 is 2.96 bits per heavy atom. The predicted molar refractivity (Wildman–Crippen MR) is 95.5 cm³/mol. The first-order chi connectivity index (χ1) is 12.1. The maximum absolute atomic E-state index is 12.9. The second-order valence-corrected chi connectivity index (χ2v) is 7.57. The SMILES string of the molecule is Cc1cc(C(=O)N[C@H]2CCOC3(CCCCC3)C2)c2cnn(C)c2n1. The van der Waals surface area contributed by atoms with E-state index in [0.29, 0.717) is 5.56 Å². The van der Waals surface area contributed by atoms with Gasteiger partial charge in [0.15, 0.2) is 5.65 Å². The molecule has 0 bridgehead atoms. The lowest BCUT2D eigenvalue weighted by Gasteiger charge is -2.43. The lowest BCUT2D eigenvalue weighted by Crippen LogP contribution is -2.49. The van der Waals surface area contributed by atoms with Crippen LogP contribution in [0.25, 0.3) is 11.0 Å². The number of rotatable bonds is 2. The van der Waals surface area contributed by atoms with Crippen LogP contribution in [0.1, 0.15) is 61.0 Å². The van der Waals surface area contributed by atoms with Gasteiger partial charge in [0.05, 0.1) is 22.7 Å². The van der Waals surface area contributed by atoms with Crippen LogP contribution in [-0.2, 0) is 11.8 Å². The van der Waals surface area contributed by atoms with Gasteiger partial charge < -0.3 is 10.1 Å². The number of fused-ring (bicyclic) bond motifs is 1. The quantitative estimate of drug-likeness (QED) is 0.911. The van der Waals surface area contributed by atoms with Gasteiger partial charge in [0.1, 0.15) is 0 Å². The van der Waals surface area contributed by atoms with E-state index in [0.717, 1.165) is 49.0 Å². The van der Waals surface area contributed by atoms with Gasteiger partial charge in [-0.1, -0.05) is 19.3 Å². The van der Waals surface area contributed by atoms with Gasteiger partial charge in [-0.15, -0.1) is 0 Å². The number of nitrogens with zero attached hydrogens (tertiary/aromatic N) is 3. The van der Waals surface area contributed by atoms with Crippen LogP contribution in [-0.4, -0.2) is 38.9 Å². The van der Waals surface area contributed by atoms with Crippen LogP contribution < -0.4 is 5.32 Å². The molecule has 2 aromatic heterocycles. The number of ether oxygens (including phenoxy) is 1. The average molecular weight is 342 g/mol. The summed E-state index contributed by atoms with van der Waals surface area (Å²) in [4.78, 5) is 17.4. The Kier molecular flexibility index (Phi) is 4.23. The predicted octanol–water partition coefficient (Wildman–Crippen LogP) is 2.89. The van der Waals surface area contributed by atoms with Crippen molar-refractivity contribution >= 4 is 16.9 Å². The number of hydrogen-bond acceptors (Lipinski definition) is 4. The molecule has 25 heavy (non-hydrogen) atoms. The molecule has 6 nitrogen and oxygen atoms in total. The fraction of sp³-hybridized carbons (Fsp3) is 0.632. The van der Waals surface area contributed by atoms with E-state index in [1.54, 1.807) is 10.9 Å². The Morgan fingerprint density at radius 1 is 1.36 bits per heavy atom. The summed E-state index contributed by atoms with van der Waals surface area (Å²) >= 11 is 0. The fourth-order valence-corrected chi connectivity index (χ4v) is 4.39. The third-order valence-corrected chi connectivity index (χ3v) is 5.67. The van der Waals surface area contributed by atoms with Crippen molar-refractivity contribution < 1.29 is 9.53 Å².